The molecule has 3 aromatic rings. The van der Waals surface area contributed by atoms with Gasteiger partial charge in [0.2, 0.25) is 0 Å². The molecule has 0 aliphatic heterocycles. The highest BCUT2D eigenvalue weighted by molar-refractivity contribution is 5.47. The molecule has 0 spiro atoms. The van der Waals surface area contributed by atoms with Gasteiger partial charge in [0.25, 0.3) is 0 Å². The number of hydrogen-bond donors (Lipinski definition) is 0. The summed E-state index contributed by atoms with van der Waals surface area (Å²) in [4.78, 5) is 0. The van der Waals surface area contributed by atoms with Crippen LogP contribution >= 0.6 is 0 Å². The van der Waals surface area contributed by atoms with Crippen molar-refractivity contribution < 1.29 is 14.2 Å². The van der Waals surface area contributed by atoms with Crippen molar-refractivity contribution >= 4 is 0 Å². The molecule has 0 unspecified atom stereocenters. The third kappa shape index (κ3) is 7.42. The normalized spacial score (nSPS) is 11.8. The third-order valence-corrected chi connectivity index (χ3v) is 4.86. The molecule has 0 heterocycles. The number of hydrogen-bond acceptors (Lipinski definition) is 3. The van der Waals surface area contributed by atoms with Crippen LogP contribution in [0.4, 0.5) is 0 Å². The number of ether oxygens (including phenoxy) is 3. The van der Waals surface area contributed by atoms with E-state index in [1.165, 1.54) is 16.7 Å². The van der Waals surface area contributed by atoms with E-state index in [2.05, 4.69) is 84.5 Å². The van der Waals surface area contributed by atoms with Crippen LogP contribution in [0.1, 0.15) is 64.2 Å². The number of rotatable bonds is 8. The van der Waals surface area contributed by atoms with E-state index in [9.17, 15) is 0 Å². The molecule has 3 rings (SSSR count). The molecule has 3 nitrogen and oxygen atoms in total. The zero-order valence-corrected chi connectivity index (χ0v) is 20.7. The SMILES string of the molecule is C=CCOc1ccc(C(c2ccc(OC(C)(C)C)cc2)c2ccc(OC(C)(C)C)cc2)cc1. The fourth-order valence-corrected chi connectivity index (χ4v) is 3.65. The van der Waals surface area contributed by atoms with Gasteiger partial charge in [0.1, 0.15) is 35.1 Å². The Morgan fingerprint density at radius 3 is 1.24 bits per heavy atom. The first-order valence-electron chi connectivity index (χ1n) is 11.5. The molecule has 0 saturated carbocycles. The van der Waals surface area contributed by atoms with Gasteiger partial charge >= 0.3 is 0 Å². The van der Waals surface area contributed by atoms with Gasteiger partial charge in [0.15, 0.2) is 0 Å². The van der Waals surface area contributed by atoms with Crippen LogP contribution in [-0.4, -0.2) is 17.8 Å². The summed E-state index contributed by atoms with van der Waals surface area (Å²) in [6, 6.07) is 25.1. The zero-order valence-electron chi connectivity index (χ0n) is 20.7. The fraction of sp³-hybridized carbons (Fsp3) is 0.333. The third-order valence-electron chi connectivity index (χ3n) is 4.86. The summed E-state index contributed by atoms with van der Waals surface area (Å²) >= 11 is 0. The molecule has 0 aromatic heterocycles. The van der Waals surface area contributed by atoms with E-state index in [1.54, 1.807) is 6.08 Å². The fourth-order valence-electron chi connectivity index (χ4n) is 3.65. The lowest BCUT2D eigenvalue weighted by atomic mass is 9.85. The highest BCUT2D eigenvalue weighted by atomic mass is 16.5. The van der Waals surface area contributed by atoms with Crippen LogP contribution in [0.2, 0.25) is 0 Å². The van der Waals surface area contributed by atoms with Crippen LogP contribution in [-0.2, 0) is 0 Å². The average molecular weight is 445 g/mol. The van der Waals surface area contributed by atoms with Crippen molar-refractivity contribution in [3.8, 4) is 17.2 Å². The predicted molar refractivity (Wildman–Crippen MR) is 137 cm³/mol. The summed E-state index contributed by atoms with van der Waals surface area (Å²) < 4.78 is 17.7. The Kier molecular flexibility index (Phi) is 7.53. The first-order chi connectivity index (χ1) is 15.5. The first kappa shape index (κ1) is 24.4. The van der Waals surface area contributed by atoms with Gasteiger partial charge in [-0.25, -0.2) is 0 Å². The van der Waals surface area contributed by atoms with Crippen molar-refractivity contribution in [2.75, 3.05) is 6.61 Å². The van der Waals surface area contributed by atoms with Crippen molar-refractivity contribution in [1.29, 1.82) is 0 Å². The van der Waals surface area contributed by atoms with E-state index in [0.717, 1.165) is 17.2 Å². The maximum Gasteiger partial charge on any atom is 0.120 e. The van der Waals surface area contributed by atoms with Crippen LogP contribution in [0, 0.1) is 0 Å². The van der Waals surface area contributed by atoms with Gasteiger partial charge in [-0.3, -0.25) is 0 Å². The van der Waals surface area contributed by atoms with Crippen molar-refractivity contribution in [2.45, 2.75) is 58.7 Å². The van der Waals surface area contributed by atoms with E-state index < -0.39 is 0 Å². The Morgan fingerprint density at radius 1 is 0.606 bits per heavy atom. The van der Waals surface area contributed by atoms with E-state index in [-0.39, 0.29) is 17.1 Å². The molecular formula is C30H36O3. The topological polar surface area (TPSA) is 27.7 Å². The molecule has 0 aliphatic rings. The summed E-state index contributed by atoms with van der Waals surface area (Å²) in [6.45, 7) is 16.5. The number of benzene rings is 3. The van der Waals surface area contributed by atoms with E-state index in [1.807, 2.05) is 36.4 Å². The zero-order chi connectivity index (χ0) is 24.1. The van der Waals surface area contributed by atoms with Crippen molar-refractivity contribution in [3.63, 3.8) is 0 Å². The highest BCUT2D eigenvalue weighted by Crippen LogP contribution is 2.35. The Morgan fingerprint density at radius 2 is 0.939 bits per heavy atom. The van der Waals surface area contributed by atoms with Gasteiger partial charge in [-0.2, -0.15) is 0 Å². The summed E-state index contributed by atoms with van der Waals surface area (Å²) in [5, 5.41) is 0. The van der Waals surface area contributed by atoms with Crippen LogP contribution in [0.15, 0.2) is 85.5 Å². The molecule has 0 radical (unpaired) electrons. The Hall–Kier alpha value is -3.20. The van der Waals surface area contributed by atoms with E-state index in [0.29, 0.717) is 6.61 Å². The molecule has 0 bridgehead atoms. The lowest BCUT2D eigenvalue weighted by Gasteiger charge is -2.24. The van der Waals surface area contributed by atoms with Gasteiger partial charge in [0.05, 0.1) is 0 Å². The largest absolute Gasteiger partial charge is 0.490 e. The quantitative estimate of drug-likeness (QED) is 0.262. The standard InChI is InChI=1S/C30H36O3/c1-8-21-31-25-15-9-22(10-16-25)28(23-11-17-26(18-12-23)32-29(2,3)4)24-13-19-27(20-14-24)33-30(5,6)7/h8-20,28H,1,21H2,2-7H3. The van der Waals surface area contributed by atoms with Crippen molar-refractivity contribution in [1.82, 2.24) is 0 Å². The highest BCUT2D eigenvalue weighted by Gasteiger charge is 2.19. The van der Waals surface area contributed by atoms with Crippen LogP contribution < -0.4 is 14.2 Å². The van der Waals surface area contributed by atoms with Crippen molar-refractivity contribution in [3.05, 3.63) is 102 Å². The molecule has 0 saturated heterocycles. The minimum absolute atomic E-state index is 0.0748. The molecule has 0 fully saturated rings. The molecular weight excluding hydrogens is 408 g/mol. The average Bonchev–Trinajstić information content (AvgIpc) is 2.74. The van der Waals surface area contributed by atoms with Gasteiger partial charge < -0.3 is 14.2 Å². The summed E-state index contributed by atoms with van der Waals surface area (Å²) in [5.74, 6) is 2.64. The second kappa shape index (κ2) is 10.2. The van der Waals surface area contributed by atoms with Gasteiger partial charge in [0, 0.05) is 5.92 Å². The Bertz CT molecular complexity index is 959. The first-order valence-corrected chi connectivity index (χ1v) is 11.5. The molecule has 33 heavy (non-hydrogen) atoms. The molecule has 3 heteroatoms. The second-order valence-corrected chi connectivity index (χ2v) is 10.2. The maximum atomic E-state index is 6.02. The van der Waals surface area contributed by atoms with E-state index >= 15 is 0 Å². The minimum atomic E-state index is -0.231. The Balaban J connectivity index is 1.95. The minimum Gasteiger partial charge on any atom is -0.490 e. The Labute approximate surface area is 199 Å². The summed E-state index contributed by atoms with van der Waals surface area (Å²) in [5.41, 5.74) is 3.12. The molecule has 174 valence electrons. The van der Waals surface area contributed by atoms with Crippen molar-refractivity contribution in [2.24, 2.45) is 0 Å². The van der Waals surface area contributed by atoms with Gasteiger partial charge in [-0.1, -0.05) is 49.1 Å². The molecule has 0 amide bonds. The van der Waals surface area contributed by atoms with Gasteiger partial charge in [-0.05, 0) is 94.6 Å². The lowest BCUT2D eigenvalue weighted by molar-refractivity contribution is 0.130. The van der Waals surface area contributed by atoms with Crippen LogP contribution in [0.5, 0.6) is 17.2 Å². The smallest absolute Gasteiger partial charge is 0.120 e. The predicted octanol–water partition coefficient (Wildman–Crippen LogP) is 7.79. The van der Waals surface area contributed by atoms with Gasteiger partial charge in [-0.15, -0.1) is 0 Å². The van der Waals surface area contributed by atoms with E-state index in [4.69, 9.17) is 14.2 Å². The maximum absolute atomic E-state index is 6.02. The molecule has 0 aliphatic carbocycles. The van der Waals surface area contributed by atoms with Crippen LogP contribution in [0.25, 0.3) is 0 Å². The second-order valence-electron chi connectivity index (χ2n) is 10.2. The molecule has 3 aromatic carbocycles. The van der Waals surface area contributed by atoms with Crippen LogP contribution in [0.3, 0.4) is 0 Å². The summed E-state index contributed by atoms with van der Waals surface area (Å²) in [7, 11) is 0. The molecule has 0 atom stereocenters. The summed E-state index contributed by atoms with van der Waals surface area (Å²) in [6.07, 6.45) is 1.75. The lowest BCUT2D eigenvalue weighted by Crippen LogP contribution is -2.23. The molecule has 0 N–H and O–H groups in total. The monoisotopic (exact) mass is 444 g/mol.